The fourth-order valence-corrected chi connectivity index (χ4v) is 1.49. The van der Waals surface area contributed by atoms with Crippen LogP contribution < -0.4 is 11.1 Å². The van der Waals surface area contributed by atoms with Crippen molar-refractivity contribution in [2.45, 2.75) is 66.1 Å². The first-order valence-electron chi connectivity index (χ1n) is 7.18. The minimum atomic E-state index is -0.478. The average molecular weight is 288 g/mol. The third-order valence-corrected chi connectivity index (χ3v) is 2.71. The molecule has 20 heavy (non-hydrogen) atoms. The summed E-state index contributed by atoms with van der Waals surface area (Å²) >= 11 is 0. The fourth-order valence-electron chi connectivity index (χ4n) is 1.49. The molecule has 0 aliphatic carbocycles. The van der Waals surface area contributed by atoms with Gasteiger partial charge in [-0.25, -0.2) is 4.79 Å². The highest BCUT2D eigenvalue weighted by atomic mass is 16.6. The molecule has 0 aromatic carbocycles. The molecule has 0 fully saturated rings. The minimum Gasteiger partial charge on any atom is -0.444 e. The third kappa shape index (κ3) is 10.0. The van der Waals surface area contributed by atoms with Gasteiger partial charge in [-0.3, -0.25) is 0 Å². The topological polar surface area (TPSA) is 73.6 Å². The molecule has 5 heteroatoms. The highest BCUT2D eigenvalue weighted by molar-refractivity contribution is 5.67. The van der Waals surface area contributed by atoms with Gasteiger partial charge in [-0.05, 0) is 47.6 Å². The van der Waals surface area contributed by atoms with Crippen LogP contribution in [0.4, 0.5) is 4.79 Å². The number of amides is 1. The van der Waals surface area contributed by atoms with E-state index in [1.165, 1.54) is 0 Å². The molecule has 1 amide bonds. The summed E-state index contributed by atoms with van der Waals surface area (Å²) in [4.78, 5) is 11.6. The molecule has 0 heterocycles. The van der Waals surface area contributed by atoms with E-state index in [1.807, 2.05) is 48.5 Å². The molecule has 3 N–H and O–H groups in total. The van der Waals surface area contributed by atoms with Crippen molar-refractivity contribution in [3.63, 3.8) is 0 Å². The van der Waals surface area contributed by atoms with Crippen LogP contribution in [0, 0.1) is 5.41 Å². The molecule has 0 aromatic rings. The second kappa shape index (κ2) is 7.27. The van der Waals surface area contributed by atoms with Crippen LogP contribution in [0.3, 0.4) is 0 Å². The van der Waals surface area contributed by atoms with E-state index in [4.69, 9.17) is 15.2 Å². The Labute approximate surface area is 123 Å². The first-order chi connectivity index (χ1) is 8.87. The van der Waals surface area contributed by atoms with Crippen molar-refractivity contribution in [1.82, 2.24) is 5.32 Å². The Morgan fingerprint density at radius 1 is 1.10 bits per heavy atom. The maximum absolute atomic E-state index is 11.6. The number of rotatable bonds is 7. The number of hydrogen-bond donors (Lipinski definition) is 2. The molecule has 0 aromatic heterocycles. The van der Waals surface area contributed by atoms with Gasteiger partial charge in [-0.2, -0.15) is 0 Å². The van der Waals surface area contributed by atoms with Gasteiger partial charge in [0, 0.05) is 12.0 Å². The van der Waals surface area contributed by atoms with Crippen molar-refractivity contribution in [2.24, 2.45) is 11.1 Å². The van der Waals surface area contributed by atoms with Crippen molar-refractivity contribution in [1.29, 1.82) is 0 Å². The maximum atomic E-state index is 11.6. The highest BCUT2D eigenvalue weighted by Crippen LogP contribution is 2.21. The molecule has 0 bridgehead atoms. The standard InChI is InChI=1S/C15H32N2O3/c1-13(2,3)20-12(18)17-10-14(4,5)11-19-15(6,7)8-9-16/h8-11,16H2,1-7H3,(H,17,18). The zero-order valence-corrected chi connectivity index (χ0v) is 14.1. The Hall–Kier alpha value is -0.810. The third-order valence-electron chi connectivity index (χ3n) is 2.71. The van der Waals surface area contributed by atoms with E-state index in [0.29, 0.717) is 19.7 Å². The molecule has 120 valence electrons. The second-order valence-corrected chi connectivity index (χ2v) is 7.61. The SMILES string of the molecule is CC(C)(CNC(=O)OC(C)(C)C)COC(C)(C)CCN. The lowest BCUT2D eigenvalue weighted by Crippen LogP contribution is -2.41. The lowest BCUT2D eigenvalue weighted by molar-refractivity contribution is -0.0573. The smallest absolute Gasteiger partial charge is 0.407 e. The first kappa shape index (κ1) is 19.2. The summed E-state index contributed by atoms with van der Waals surface area (Å²) in [5, 5.41) is 2.78. The summed E-state index contributed by atoms with van der Waals surface area (Å²) in [6.45, 7) is 15.3. The largest absolute Gasteiger partial charge is 0.444 e. The molecular weight excluding hydrogens is 256 g/mol. The molecule has 0 saturated carbocycles. The number of carbonyl (C=O) groups excluding carboxylic acids is 1. The van der Waals surface area contributed by atoms with E-state index in [0.717, 1.165) is 6.42 Å². The normalized spacial score (nSPS) is 13.2. The summed E-state index contributed by atoms with van der Waals surface area (Å²) in [6, 6.07) is 0. The van der Waals surface area contributed by atoms with Crippen molar-refractivity contribution in [3.8, 4) is 0 Å². The van der Waals surface area contributed by atoms with Gasteiger partial charge in [0.15, 0.2) is 0 Å². The molecule has 0 aliphatic rings. The van der Waals surface area contributed by atoms with Gasteiger partial charge >= 0.3 is 6.09 Å². The lowest BCUT2D eigenvalue weighted by Gasteiger charge is -2.32. The van der Waals surface area contributed by atoms with Crippen molar-refractivity contribution < 1.29 is 14.3 Å². The monoisotopic (exact) mass is 288 g/mol. The van der Waals surface area contributed by atoms with E-state index in [9.17, 15) is 4.79 Å². The Bertz CT molecular complexity index is 307. The molecule has 0 radical (unpaired) electrons. The summed E-state index contributed by atoms with van der Waals surface area (Å²) in [6.07, 6.45) is 0.412. The number of nitrogens with one attached hydrogen (secondary N) is 1. The van der Waals surface area contributed by atoms with Crippen molar-refractivity contribution in [3.05, 3.63) is 0 Å². The van der Waals surface area contributed by atoms with Gasteiger partial charge in [0.05, 0.1) is 12.2 Å². The van der Waals surface area contributed by atoms with Crippen LogP contribution in [-0.4, -0.2) is 37.0 Å². The molecule has 0 saturated heterocycles. The molecule has 0 aliphatic heterocycles. The first-order valence-corrected chi connectivity index (χ1v) is 7.18. The predicted octanol–water partition coefficient (Wildman–Crippen LogP) is 2.68. The quantitative estimate of drug-likeness (QED) is 0.755. The van der Waals surface area contributed by atoms with E-state index in [2.05, 4.69) is 5.32 Å². The number of hydrogen-bond acceptors (Lipinski definition) is 4. The van der Waals surface area contributed by atoms with Gasteiger partial charge < -0.3 is 20.5 Å². The van der Waals surface area contributed by atoms with E-state index < -0.39 is 11.7 Å². The number of carbonyl (C=O) groups is 1. The van der Waals surface area contributed by atoms with E-state index in [1.54, 1.807) is 0 Å². The molecule has 0 rings (SSSR count). The summed E-state index contributed by atoms with van der Waals surface area (Å²) in [7, 11) is 0. The van der Waals surface area contributed by atoms with Gasteiger partial charge in [0.1, 0.15) is 5.60 Å². The number of ether oxygens (including phenoxy) is 2. The molecular formula is C15H32N2O3. The van der Waals surface area contributed by atoms with Crippen LogP contribution in [0.1, 0.15) is 54.9 Å². The van der Waals surface area contributed by atoms with Gasteiger partial charge in [-0.15, -0.1) is 0 Å². The van der Waals surface area contributed by atoms with E-state index >= 15 is 0 Å². The Kier molecular flexibility index (Phi) is 6.98. The lowest BCUT2D eigenvalue weighted by atomic mass is 9.94. The molecule has 5 nitrogen and oxygen atoms in total. The zero-order chi connectivity index (χ0) is 16.0. The number of alkyl carbamates (subject to hydrolysis) is 1. The summed E-state index contributed by atoms with van der Waals surface area (Å²) in [5.74, 6) is 0. The van der Waals surface area contributed by atoms with Crippen LogP contribution in [0.5, 0.6) is 0 Å². The second-order valence-electron chi connectivity index (χ2n) is 7.61. The summed E-state index contributed by atoms with van der Waals surface area (Å²) in [5.41, 5.74) is 4.68. The van der Waals surface area contributed by atoms with Crippen molar-refractivity contribution in [2.75, 3.05) is 19.7 Å². The van der Waals surface area contributed by atoms with Crippen LogP contribution in [-0.2, 0) is 9.47 Å². The number of nitrogens with two attached hydrogens (primary N) is 1. The summed E-state index contributed by atoms with van der Waals surface area (Å²) < 4.78 is 11.1. The van der Waals surface area contributed by atoms with Gasteiger partial charge in [-0.1, -0.05) is 13.8 Å². The fraction of sp³-hybridized carbons (Fsp3) is 0.933. The van der Waals surface area contributed by atoms with E-state index in [-0.39, 0.29) is 11.0 Å². The zero-order valence-electron chi connectivity index (χ0n) is 14.1. The van der Waals surface area contributed by atoms with Gasteiger partial charge in [0.25, 0.3) is 0 Å². The van der Waals surface area contributed by atoms with Gasteiger partial charge in [0.2, 0.25) is 0 Å². The van der Waals surface area contributed by atoms with Crippen LogP contribution in [0.2, 0.25) is 0 Å². The minimum absolute atomic E-state index is 0.164. The Balaban J connectivity index is 4.16. The molecule has 0 spiro atoms. The Morgan fingerprint density at radius 3 is 2.10 bits per heavy atom. The van der Waals surface area contributed by atoms with Crippen LogP contribution >= 0.6 is 0 Å². The Morgan fingerprint density at radius 2 is 1.65 bits per heavy atom. The maximum Gasteiger partial charge on any atom is 0.407 e. The van der Waals surface area contributed by atoms with Crippen LogP contribution in [0.25, 0.3) is 0 Å². The highest BCUT2D eigenvalue weighted by Gasteiger charge is 2.26. The van der Waals surface area contributed by atoms with Crippen molar-refractivity contribution >= 4 is 6.09 Å². The molecule has 0 atom stereocenters. The molecule has 0 unspecified atom stereocenters. The predicted molar refractivity (Wildman–Crippen MR) is 81.7 cm³/mol. The van der Waals surface area contributed by atoms with Crippen LogP contribution in [0.15, 0.2) is 0 Å². The average Bonchev–Trinajstić information content (AvgIpc) is 2.22.